The Morgan fingerprint density at radius 1 is 0.276 bits per heavy atom. The first-order chi connectivity index (χ1) is 50.8. The predicted octanol–water partition coefficient (Wildman–Crippen LogP) is 11.2. The zero-order valence-electron chi connectivity index (χ0n) is 62.2. The van der Waals surface area contributed by atoms with Crippen molar-refractivity contribution in [3.05, 3.63) is 76.9 Å². The van der Waals surface area contributed by atoms with E-state index in [2.05, 4.69) is 0 Å². The van der Waals surface area contributed by atoms with Crippen LogP contribution in [0.5, 0.6) is 0 Å². The molecule has 123 heavy (non-hydrogen) atoms. The number of nitrogens with zero attached hydrogens (tertiary/aromatic N) is 6. The van der Waals surface area contributed by atoms with Crippen molar-refractivity contribution in [2.75, 3.05) is 0 Å². The molecule has 0 spiro atoms. The van der Waals surface area contributed by atoms with Gasteiger partial charge in [0.05, 0.1) is 34.4 Å². The van der Waals surface area contributed by atoms with E-state index in [9.17, 15) is 179 Å². The van der Waals surface area contributed by atoms with Crippen LogP contribution in [0.4, 0.5) is 158 Å². The van der Waals surface area contributed by atoms with Crippen LogP contribution in [0.25, 0.3) is 6.15 Å². The second-order valence-electron chi connectivity index (χ2n) is 25.6. The average molecular weight is 2100 g/mol. The van der Waals surface area contributed by atoms with E-state index < -0.39 is 208 Å². The number of halogens is 36. The molecule has 4 rings (SSSR count). The van der Waals surface area contributed by atoms with Gasteiger partial charge in [0.25, 0.3) is 0 Å². The van der Waals surface area contributed by atoms with Crippen LogP contribution in [0.1, 0.15) is 116 Å². The smallest absolute Gasteiger partial charge is 0.414 e. The standard InChI is InChI=1S/2C14H18N3O2.6C5H6F6O2.5Mn.H2N.H2O/c2*1-13(2)14(3,4)17(19)12(16(13)18)11-7-5-10(9-15)6-8-11;6*6-4(7,8)2(12)1-3(13)5(9,10)11;;;;;;;/h2*5-8,18-19H,1-4H3;6*2-3,12-13H,1H2;;;;;;2*1H2/q2*+1;;;;;;;;;;;;-1;. The van der Waals surface area contributed by atoms with Crippen LogP contribution in [0.15, 0.2) is 48.5 Å². The maximum absolute atomic E-state index is 11.5. The van der Waals surface area contributed by atoms with Gasteiger partial charge in [0.2, 0.25) is 0 Å². The number of benzene rings is 2. The molecule has 65 heteroatoms. The first-order valence-electron chi connectivity index (χ1n) is 30.4. The third-order valence-corrected chi connectivity index (χ3v) is 15.7. The van der Waals surface area contributed by atoms with Crippen LogP contribution in [0.2, 0.25) is 0 Å². The van der Waals surface area contributed by atoms with Crippen molar-refractivity contribution in [2.24, 2.45) is 0 Å². The van der Waals surface area contributed by atoms with Gasteiger partial charge in [0, 0.05) is 124 Å². The Morgan fingerprint density at radius 3 is 0.455 bits per heavy atom. The van der Waals surface area contributed by atoms with Gasteiger partial charge < -0.3 is 83.3 Å². The molecule has 2 aromatic carbocycles. The summed E-state index contributed by atoms with van der Waals surface area (Å²) >= 11 is 0. The largest absolute Gasteiger partial charge is 0.693 e. The second-order valence-corrected chi connectivity index (χ2v) is 25.6. The van der Waals surface area contributed by atoms with Gasteiger partial charge in [-0.15, -0.1) is 10.1 Å². The van der Waals surface area contributed by atoms with Crippen molar-refractivity contribution in [1.29, 1.82) is 10.5 Å². The third kappa shape index (κ3) is 47.5. The molecule has 20 N–H and O–H groups in total. The van der Waals surface area contributed by atoms with Gasteiger partial charge in [0.15, 0.2) is 95.4 Å². The average Bonchev–Trinajstić information content (AvgIpc) is 1.58. The molecular formula is C58H76F36Mn5N7O17+. The Morgan fingerprint density at radius 2 is 0.382 bits per heavy atom. The summed E-state index contributed by atoms with van der Waals surface area (Å²) < 4.78 is 415. The first-order valence-corrected chi connectivity index (χ1v) is 30.4. The number of amidine groups is 2. The van der Waals surface area contributed by atoms with Gasteiger partial charge >= 0.3 is 85.8 Å². The number of hydrogen-bond acceptors (Lipinski definition) is 20. The Labute approximate surface area is 722 Å². The van der Waals surface area contributed by atoms with Gasteiger partial charge in [-0.05, 0) is 104 Å². The SMILES string of the molecule is CC1(C)N(O)C(c2ccc(C#N)cc2)=[N+](O)C1(C)C.CC1(C)N(O)C(c2ccc(C#N)cc2)=[N+](O)C1(C)C.O.OC(CC(O)C(F)(F)F)C(F)(F)F.OC(CC(O)C(F)(F)F)C(F)(F)F.OC(CC(O)C(F)(F)F)C(F)(F)F.OC(CC(O)C(F)(F)F)C(F)(F)F.OC(CC(O)C(F)(F)F)C(F)(F)F.OC(CC(O)C(F)(F)F)C(F)(F)F.[Mn].[Mn].[Mn].[Mn].[Mn].[NH2-]. The summed E-state index contributed by atoms with van der Waals surface area (Å²) in [7, 11) is 0. The van der Waals surface area contributed by atoms with Gasteiger partial charge in [-0.3, -0.25) is 0 Å². The molecule has 0 aromatic heterocycles. The van der Waals surface area contributed by atoms with Crippen molar-refractivity contribution in [3.8, 4) is 12.1 Å². The van der Waals surface area contributed by atoms with E-state index in [0.29, 0.717) is 33.9 Å². The maximum Gasteiger partial charge on any atom is 0.414 e. The minimum absolute atomic E-state index is 0. The van der Waals surface area contributed by atoms with Crippen LogP contribution < -0.4 is 0 Å². The normalized spacial score (nSPS) is 18.0. The number of nitrogens with two attached hydrogens (primary N) is 1. The van der Waals surface area contributed by atoms with E-state index in [-0.39, 0.29) is 97.0 Å². The zero-order valence-corrected chi connectivity index (χ0v) is 68.1. The van der Waals surface area contributed by atoms with E-state index in [1.165, 1.54) is 0 Å². The number of rotatable bonds is 14. The Bertz CT molecular complexity index is 2940. The Kier molecular flexibility index (Phi) is 60.8. The fraction of sp³-hybridized carbons (Fsp3) is 0.724. The number of aliphatic hydroxyl groups is 12. The maximum atomic E-state index is 11.5. The minimum atomic E-state index is -5.15. The third-order valence-electron chi connectivity index (χ3n) is 15.7. The summed E-state index contributed by atoms with van der Waals surface area (Å²) in [6.07, 6.45) is -111. The Balaban J connectivity index is -0.000000129. The number of hydroxylamine groups is 6. The van der Waals surface area contributed by atoms with Crippen molar-refractivity contribution >= 4 is 11.7 Å². The number of alkyl halides is 36. The van der Waals surface area contributed by atoms with Gasteiger partial charge in [-0.1, -0.05) is 9.48 Å². The summed E-state index contributed by atoms with van der Waals surface area (Å²) in [4.78, 5) is 0. The summed E-state index contributed by atoms with van der Waals surface area (Å²) in [5.74, 6) is 0.638. The molecular weight excluding hydrogens is 2030 g/mol. The fourth-order valence-electron chi connectivity index (χ4n) is 7.02. The van der Waals surface area contributed by atoms with E-state index >= 15 is 0 Å². The first kappa shape index (κ1) is 141. The Hall–Kier alpha value is -4.60. The molecule has 2 aromatic rings. The quantitative estimate of drug-likeness (QED) is 0.0361. The molecule has 12 unspecified atom stereocenters. The van der Waals surface area contributed by atoms with Crippen molar-refractivity contribution in [3.63, 3.8) is 0 Å². The topological polar surface area (TPSA) is 449 Å². The molecule has 24 nitrogen and oxygen atoms in total. The van der Waals surface area contributed by atoms with Crippen LogP contribution >= 0.6 is 0 Å². The molecule has 0 bridgehead atoms. The molecule has 0 saturated carbocycles. The van der Waals surface area contributed by atoms with Gasteiger partial charge in [0.1, 0.15) is 0 Å². The number of hydrogen-bond donors (Lipinski definition) is 16. The molecule has 2 aliphatic rings. The summed E-state index contributed by atoms with van der Waals surface area (Å²) in [5, 5.41) is 159. The van der Waals surface area contributed by atoms with E-state index in [4.69, 9.17) is 71.8 Å². The molecule has 5 radical (unpaired) electrons. The predicted molar refractivity (Wildman–Crippen MR) is 320 cm³/mol. The number of aliphatic hydroxyl groups excluding tert-OH is 12. The van der Waals surface area contributed by atoms with E-state index in [1.54, 1.807) is 48.5 Å². The van der Waals surface area contributed by atoms with Gasteiger partial charge in [-0.25, -0.2) is 10.4 Å². The molecule has 12 atom stereocenters. The van der Waals surface area contributed by atoms with E-state index in [0.717, 1.165) is 19.6 Å². The van der Waals surface area contributed by atoms with Gasteiger partial charge in [-0.2, -0.15) is 169 Å². The summed E-state index contributed by atoms with van der Waals surface area (Å²) in [6, 6.07) is 17.5. The molecule has 731 valence electrons. The monoisotopic (exact) mass is 2100 g/mol. The molecule has 0 saturated heterocycles. The molecule has 2 heterocycles. The van der Waals surface area contributed by atoms with Crippen molar-refractivity contribution in [1.82, 2.24) is 10.1 Å². The molecule has 0 amide bonds. The van der Waals surface area contributed by atoms with Crippen LogP contribution in [0.3, 0.4) is 0 Å². The summed E-state index contributed by atoms with van der Waals surface area (Å²) in [6.45, 7) is 14.8. The summed E-state index contributed by atoms with van der Waals surface area (Å²) in [5.41, 5.74) is -0.207. The van der Waals surface area contributed by atoms with Crippen molar-refractivity contribution in [2.45, 2.75) is 263 Å². The molecule has 0 fully saturated rings. The molecule has 2 aliphatic heterocycles. The number of nitriles is 2. The van der Waals surface area contributed by atoms with E-state index in [1.807, 2.05) is 67.5 Å². The molecule has 0 aliphatic carbocycles. The van der Waals surface area contributed by atoms with Crippen LogP contribution in [-0.4, -0.2) is 288 Å². The minimum Gasteiger partial charge on any atom is -0.693 e. The van der Waals surface area contributed by atoms with Crippen molar-refractivity contribution < 1.29 is 340 Å². The zero-order chi connectivity index (χ0) is 94.0. The second kappa shape index (κ2) is 52.9. The van der Waals surface area contributed by atoms with Crippen LogP contribution in [0, 0.1) is 22.7 Å². The van der Waals surface area contributed by atoms with Crippen LogP contribution in [-0.2, 0) is 85.3 Å². The fourth-order valence-corrected chi connectivity index (χ4v) is 7.02.